The molecule has 1 N–H and O–H groups in total. The van der Waals surface area contributed by atoms with Crippen LogP contribution in [0.3, 0.4) is 0 Å². The van der Waals surface area contributed by atoms with Crippen LogP contribution in [0.15, 0.2) is 24.4 Å². The lowest BCUT2D eigenvalue weighted by Crippen LogP contribution is -2.37. The van der Waals surface area contributed by atoms with Gasteiger partial charge in [-0.1, -0.05) is 6.07 Å². The SMILES string of the molecule is O=C(O)CN1CCCN(C(=O)c2ccccn2)CC1. The number of hydrogen-bond donors (Lipinski definition) is 1. The van der Waals surface area contributed by atoms with Gasteiger partial charge in [0.05, 0.1) is 6.54 Å². The van der Waals surface area contributed by atoms with E-state index in [1.54, 1.807) is 29.3 Å². The van der Waals surface area contributed by atoms with Crippen molar-refractivity contribution in [2.24, 2.45) is 0 Å². The number of nitrogens with zero attached hydrogens (tertiary/aromatic N) is 3. The first kappa shape index (κ1) is 13.5. The lowest BCUT2D eigenvalue weighted by atomic mass is 10.3. The number of hydrogen-bond acceptors (Lipinski definition) is 4. The number of pyridine rings is 1. The average molecular weight is 263 g/mol. The van der Waals surface area contributed by atoms with E-state index in [1.807, 2.05) is 4.90 Å². The molecule has 0 radical (unpaired) electrons. The number of carboxylic acid groups (broad SMARTS) is 1. The second-order valence-corrected chi connectivity index (χ2v) is 4.53. The standard InChI is InChI=1S/C13H17N3O3/c17-12(18)10-15-6-3-7-16(9-8-15)13(19)11-4-1-2-5-14-11/h1-2,4-5H,3,6-10H2,(H,17,18). The maximum Gasteiger partial charge on any atom is 0.317 e. The molecule has 2 heterocycles. The molecule has 19 heavy (non-hydrogen) atoms. The number of carbonyl (C=O) groups excluding carboxylic acids is 1. The summed E-state index contributed by atoms with van der Waals surface area (Å²) in [5.41, 5.74) is 0.439. The van der Waals surface area contributed by atoms with Crippen molar-refractivity contribution in [3.05, 3.63) is 30.1 Å². The molecule has 0 bridgehead atoms. The summed E-state index contributed by atoms with van der Waals surface area (Å²) in [6.07, 6.45) is 2.38. The summed E-state index contributed by atoms with van der Waals surface area (Å²) in [5.74, 6) is -0.915. The minimum atomic E-state index is -0.829. The van der Waals surface area contributed by atoms with E-state index in [2.05, 4.69) is 4.98 Å². The summed E-state index contributed by atoms with van der Waals surface area (Å²) in [4.78, 5) is 30.5. The molecule has 1 aromatic heterocycles. The van der Waals surface area contributed by atoms with Gasteiger partial charge in [-0.3, -0.25) is 19.5 Å². The fourth-order valence-electron chi connectivity index (χ4n) is 2.17. The van der Waals surface area contributed by atoms with Gasteiger partial charge in [-0.25, -0.2) is 0 Å². The van der Waals surface area contributed by atoms with Crippen LogP contribution in [0.4, 0.5) is 0 Å². The molecule has 1 aliphatic rings. The van der Waals surface area contributed by atoms with Gasteiger partial charge in [0.25, 0.3) is 5.91 Å². The van der Waals surface area contributed by atoms with E-state index in [9.17, 15) is 9.59 Å². The Bertz CT molecular complexity index is 450. The number of carbonyl (C=O) groups is 2. The molecule has 1 amide bonds. The fourth-order valence-corrected chi connectivity index (χ4v) is 2.17. The normalized spacial score (nSPS) is 16.9. The molecular weight excluding hydrogens is 246 g/mol. The van der Waals surface area contributed by atoms with Crippen LogP contribution in [0.5, 0.6) is 0 Å². The molecule has 0 unspecified atom stereocenters. The molecule has 2 rings (SSSR count). The molecule has 1 fully saturated rings. The lowest BCUT2D eigenvalue weighted by molar-refractivity contribution is -0.138. The summed E-state index contributed by atoms with van der Waals surface area (Å²) < 4.78 is 0. The van der Waals surface area contributed by atoms with Gasteiger partial charge in [-0.05, 0) is 18.6 Å². The van der Waals surface area contributed by atoms with Gasteiger partial charge in [0.15, 0.2) is 0 Å². The van der Waals surface area contributed by atoms with Crippen LogP contribution >= 0.6 is 0 Å². The fraction of sp³-hybridized carbons (Fsp3) is 0.462. The third-order valence-electron chi connectivity index (χ3n) is 3.12. The van der Waals surface area contributed by atoms with Crippen molar-refractivity contribution in [1.29, 1.82) is 0 Å². The minimum absolute atomic E-state index is 0.0334. The molecule has 0 spiro atoms. The molecule has 102 valence electrons. The Hall–Kier alpha value is -1.95. The topological polar surface area (TPSA) is 73.7 Å². The van der Waals surface area contributed by atoms with E-state index in [4.69, 9.17) is 5.11 Å². The van der Waals surface area contributed by atoms with Crippen molar-refractivity contribution >= 4 is 11.9 Å². The highest BCUT2D eigenvalue weighted by Crippen LogP contribution is 2.07. The molecular formula is C13H17N3O3. The van der Waals surface area contributed by atoms with Gasteiger partial charge in [0, 0.05) is 32.4 Å². The second kappa shape index (κ2) is 6.29. The van der Waals surface area contributed by atoms with Crippen LogP contribution in [0, 0.1) is 0 Å². The number of amides is 1. The maximum atomic E-state index is 12.2. The number of rotatable bonds is 3. The first-order chi connectivity index (χ1) is 9.16. The maximum absolute atomic E-state index is 12.2. The Morgan fingerprint density at radius 2 is 2.05 bits per heavy atom. The molecule has 6 heteroatoms. The van der Waals surface area contributed by atoms with Crippen molar-refractivity contribution in [3.8, 4) is 0 Å². The Morgan fingerprint density at radius 3 is 2.74 bits per heavy atom. The van der Waals surface area contributed by atoms with E-state index in [0.29, 0.717) is 31.9 Å². The zero-order valence-electron chi connectivity index (χ0n) is 10.7. The molecule has 1 aliphatic heterocycles. The molecule has 1 aromatic rings. The van der Waals surface area contributed by atoms with Crippen molar-refractivity contribution in [3.63, 3.8) is 0 Å². The second-order valence-electron chi connectivity index (χ2n) is 4.53. The number of carboxylic acids is 1. The van der Waals surface area contributed by atoms with Gasteiger partial charge in [-0.15, -0.1) is 0 Å². The molecule has 6 nitrogen and oxygen atoms in total. The van der Waals surface area contributed by atoms with Crippen LogP contribution in [-0.4, -0.2) is 64.5 Å². The molecule has 0 saturated carbocycles. The number of aliphatic carboxylic acids is 1. The largest absolute Gasteiger partial charge is 0.480 e. The van der Waals surface area contributed by atoms with Gasteiger partial charge in [0.1, 0.15) is 5.69 Å². The van der Waals surface area contributed by atoms with Crippen LogP contribution in [0.1, 0.15) is 16.9 Å². The Morgan fingerprint density at radius 1 is 1.21 bits per heavy atom. The van der Waals surface area contributed by atoms with Crippen molar-refractivity contribution in [2.75, 3.05) is 32.7 Å². The minimum Gasteiger partial charge on any atom is -0.480 e. The molecule has 0 aliphatic carbocycles. The van der Waals surface area contributed by atoms with Gasteiger partial charge >= 0.3 is 5.97 Å². The van der Waals surface area contributed by atoms with Gasteiger partial charge < -0.3 is 10.0 Å². The van der Waals surface area contributed by atoms with Crippen LogP contribution in [0.25, 0.3) is 0 Å². The summed E-state index contributed by atoms with van der Waals surface area (Å²) >= 11 is 0. The summed E-state index contributed by atoms with van der Waals surface area (Å²) in [6.45, 7) is 2.52. The third-order valence-corrected chi connectivity index (χ3v) is 3.12. The van der Waals surface area contributed by atoms with Crippen LogP contribution in [-0.2, 0) is 4.79 Å². The van der Waals surface area contributed by atoms with E-state index < -0.39 is 5.97 Å². The zero-order chi connectivity index (χ0) is 13.7. The highest BCUT2D eigenvalue weighted by atomic mass is 16.4. The van der Waals surface area contributed by atoms with Gasteiger partial charge in [-0.2, -0.15) is 0 Å². The Balaban J connectivity index is 1.96. The van der Waals surface area contributed by atoms with Crippen molar-refractivity contribution in [1.82, 2.24) is 14.8 Å². The molecule has 0 atom stereocenters. The summed E-state index contributed by atoms with van der Waals surface area (Å²) in [5, 5.41) is 8.78. The van der Waals surface area contributed by atoms with E-state index in [1.165, 1.54) is 0 Å². The summed E-state index contributed by atoms with van der Waals surface area (Å²) in [6, 6.07) is 5.25. The molecule has 1 saturated heterocycles. The molecule has 0 aromatic carbocycles. The highest BCUT2D eigenvalue weighted by Gasteiger charge is 2.21. The average Bonchev–Trinajstić information content (AvgIpc) is 2.64. The van der Waals surface area contributed by atoms with Crippen molar-refractivity contribution < 1.29 is 14.7 Å². The number of aromatic nitrogens is 1. The van der Waals surface area contributed by atoms with Crippen LogP contribution in [0.2, 0.25) is 0 Å². The van der Waals surface area contributed by atoms with Crippen LogP contribution < -0.4 is 0 Å². The Kier molecular flexibility index (Phi) is 4.46. The third kappa shape index (κ3) is 3.75. The monoisotopic (exact) mass is 263 g/mol. The van der Waals surface area contributed by atoms with E-state index in [0.717, 1.165) is 6.42 Å². The van der Waals surface area contributed by atoms with Crippen molar-refractivity contribution in [2.45, 2.75) is 6.42 Å². The lowest BCUT2D eigenvalue weighted by Gasteiger charge is -2.20. The van der Waals surface area contributed by atoms with Gasteiger partial charge in [0.2, 0.25) is 0 Å². The Labute approximate surface area is 111 Å². The first-order valence-corrected chi connectivity index (χ1v) is 6.31. The smallest absolute Gasteiger partial charge is 0.317 e. The van der Waals surface area contributed by atoms with E-state index >= 15 is 0 Å². The van der Waals surface area contributed by atoms with E-state index in [-0.39, 0.29) is 12.5 Å². The predicted molar refractivity (Wildman–Crippen MR) is 68.8 cm³/mol. The summed E-state index contributed by atoms with van der Waals surface area (Å²) in [7, 11) is 0. The predicted octanol–water partition coefficient (Wildman–Crippen LogP) is 0.314. The zero-order valence-corrected chi connectivity index (χ0v) is 10.7. The first-order valence-electron chi connectivity index (χ1n) is 6.31. The quantitative estimate of drug-likeness (QED) is 0.850. The highest BCUT2D eigenvalue weighted by molar-refractivity contribution is 5.92.